The molecule has 19 heavy (non-hydrogen) atoms. The van der Waals surface area contributed by atoms with Gasteiger partial charge in [-0.25, -0.2) is 8.78 Å². The van der Waals surface area contributed by atoms with Gasteiger partial charge in [0.05, 0.1) is 0 Å². The topological polar surface area (TPSA) is 30.0 Å². The van der Waals surface area contributed by atoms with Crippen molar-refractivity contribution in [2.45, 2.75) is 19.3 Å². The summed E-state index contributed by atoms with van der Waals surface area (Å²) in [6.45, 7) is 0. The Balaban J connectivity index is 1.93. The maximum Gasteiger partial charge on any atom is 0.162 e. The van der Waals surface area contributed by atoms with E-state index >= 15 is 0 Å². The predicted molar refractivity (Wildman–Crippen MR) is 67.6 cm³/mol. The average molecular weight is 261 g/mol. The first-order chi connectivity index (χ1) is 9.16. The summed E-state index contributed by atoms with van der Waals surface area (Å²) in [7, 11) is 0. The Morgan fingerprint density at radius 2 is 2.00 bits per heavy atom. The molecule has 1 heterocycles. The summed E-state index contributed by atoms with van der Waals surface area (Å²) in [5.41, 5.74) is 1.06. The molecule has 2 rings (SSSR count). The number of halogens is 2. The molecule has 98 valence electrons. The van der Waals surface area contributed by atoms with E-state index in [9.17, 15) is 13.6 Å². The van der Waals surface area contributed by atoms with E-state index in [0.29, 0.717) is 12.8 Å². The molecule has 0 spiro atoms. The van der Waals surface area contributed by atoms with Crippen LogP contribution in [-0.4, -0.2) is 10.8 Å². The highest BCUT2D eigenvalue weighted by atomic mass is 19.2. The van der Waals surface area contributed by atoms with Crippen LogP contribution in [0.1, 0.15) is 17.5 Å². The molecule has 0 radical (unpaired) electrons. The Morgan fingerprint density at radius 1 is 1.16 bits per heavy atom. The van der Waals surface area contributed by atoms with Gasteiger partial charge in [-0.05, 0) is 29.7 Å². The van der Waals surface area contributed by atoms with Gasteiger partial charge < -0.3 is 0 Å². The third-order valence-corrected chi connectivity index (χ3v) is 2.83. The number of benzene rings is 1. The Kier molecular flexibility index (Phi) is 4.34. The molecular weight excluding hydrogens is 248 g/mol. The Morgan fingerprint density at radius 3 is 2.74 bits per heavy atom. The summed E-state index contributed by atoms with van der Waals surface area (Å²) in [5, 5.41) is 0. The van der Waals surface area contributed by atoms with Gasteiger partial charge in [0.2, 0.25) is 0 Å². The molecule has 0 fully saturated rings. The van der Waals surface area contributed by atoms with Crippen LogP contribution < -0.4 is 0 Å². The van der Waals surface area contributed by atoms with Crippen LogP contribution in [0.15, 0.2) is 42.7 Å². The lowest BCUT2D eigenvalue weighted by Crippen LogP contribution is -2.07. The van der Waals surface area contributed by atoms with Gasteiger partial charge in [0.25, 0.3) is 0 Å². The van der Waals surface area contributed by atoms with Crippen LogP contribution in [0.3, 0.4) is 0 Å². The van der Waals surface area contributed by atoms with E-state index in [-0.39, 0.29) is 17.8 Å². The molecule has 0 N–H and O–H groups in total. The molecule has 0 saturated carbocycles. The van der Waals surface area contributed by atoms with E-state index in [1.165, 1.54) is 12.1 Å². The highest BCUT2D eigenvalue weighted by Crippen LogP contribution is 2.13. The molecule has 0 saturated heterocycles. The summed E-state index contributed by atoms with van der Waals surface area (Å²) in [4.78, 5) is 15.7. The van der Waals surface area contributed by atoms with Gasteiger partial charge in [-0.2, -0.15) is 0 Å². The molecule has 4 heteroatoms. The number of carbonyl (C=O) groups is 1. The number of aromatic nitrogens is 1. The van der Waals surface area contributed by atoms with Gasteiger partial charge in [0.15, 0.2) is 11.6 Å². The van der Waals surface area contributed by atoms with E-state index in [1.54, 1.807) is 18.5 Å². The summed E-state index contributed by atoms with van der Waals surface area (Å²) in [6.07, 6.45) is 4.12. The maximum absolute atomic E-state index is 13.4. The zero-order chi connectivity index (χ0) is 13.7. The maximum atomic E-state index is 13.4. The zero-order valence-electron chi connectivity index (χ0n) is 10.3. The van der Waals surface area contributed by atoms with Gasteiger partial charge in [0.1, 0.15) is 5.78 Å². The molecule has 0 atom stereocenters. The van der Waals surface area contributed by atoms with Gasteiger partial charge >= 0.3 is 0 Å². The first-order valence-electron chi connectivity index (χ1n) is 6.00. The summed E-state index contributed by atoms with van der Waals surface area (Å²) in [5.74, 6) is -1.97. The number of Topliss-reactive ketones (excluding diaryl/α,β-unsaturated/α-hetero) is 1. The third kappa shape index (κ3) is 3.68. The molecule has 1 aromatic heterocycles. The van der Waals surface area contributed by atoms with Crippen molar-refractivity contribution < 1.29 is 13.6 Å². The molecule has 0 amide bonds. The molecule has 1 aromatic carbocycles. The number of ketones is 1. The number of nitrogens with zero attached hydrogens (tertiary/aromatic N) is 1. The Hall–Kier alpha value is -2.10. The van der Waals surface area contributed by atoms with Gasteiger partial charge in [0, 0.05) is 25.2 Å². The van der Waals surface area contributed by atoms with Crippen molar-refractivity contribution in [2.75, 3.05) is 0 Å². The van der Waals surface area contributed by atoms with E-state index in [4.69, 9.17) is 0 Å². The molecule has 0 aliphatic rings. The number of hydrogen-bond donors (Lipinski definition) is 0. The van der Waals surface area contributed by atoms with Gasteiger partial charge in [-0.15, -0.1) is 0 Å². The fraction of sp³-hybridized carbons (Fsp3) is 0.200. The van der Waals surface area contributed by atoms with Crippen LogP contribution in [-0.2, 0) is 17.6 Å². The minimum absolute atomic E-state index is 0.0795. The lowest BCUT2D eigenvalue weighted by molar-refractivity contribution is -0.118. The SMILES string of the molecule is O=C(CCc1cccnc1)Cc1cccc(F)c1F. The van der Waals surface area contributed by atoms with Gasteiger partial charge in [-0.3, -0.25) is 9.78 Å². The zero-order valence-corrected chi connectivity index (χ0v) is 10.3. The number of pyridine rings is 1. The van der Waals surface area contributed by atoms with E-state index in [2.05, 4.69) is 4.98 Å². The van der Waals surface area contributed by atoms with Gasteiger partial charge in [-0.1, -0.05) is 18.2 Å². The fourth-order valence-corrected chi connectivity index (χ4v) is 1.82. The van der Waals surface area contributed by atoms with Crippen LogP contribution in [0.4, 0.5) is 8.78 Å². The minimum atomic E-state index is -0.933. The largest absolute Gasteiger partial charge is 0.299 e. The van der Waals surface area contributed by atoms with Crippen molar-refractivity contribution in [1.82, 2.24) is 4.98 Å². The molecular formula is C15H13F2NO. The monoisotopic (exact) mass is 261 g/mol. The van der Waals surface area contributed by atoms with Crippen molar-refractivity contribution in [2.24, 2.45) is 0 Å². The predicted octanol–water partition coefficient (Wildman–Crippen LogP) is 3.10. The van der Waals surface area contributed by atoms with E-state index < -0.39 is 11.6 Å². The number of rotatable bonds is 5. The molecule has 2 aromatic rings. The second-order valence-electron chi connectivity index (χ2n) is 4.29. The molecule has 0 bridgehead atoms. The molecule has 0 aliphatic carbocycles. The first kappa shape index (κ1) is 13.3. The normalized spacial score (nSPS) is 10.4. The van der Waals surface area contributed by atoms with Crippen molar-refractivity contribution in [3.63, 3.8) is 0 Å². The third-order valence-electron chi connectivity index (χ3n) is 2.83. The molecule has 2 nitrogen and oxygen atoms in total. The van der Waals surface area contributed by atoms with E-state index in [0.717, 1.165) is 11.6 Å². The fourth-order valence-electron chi connectivity index (χ4n) is 1.82. The first-order valence-corrected chi connectivity index (χ1v) is 6.00. The quantitative estimate of drug-likeness (QED) is 0.827. The van der Waals surface area contributed by atoms with Crippen molar-refractivity contribution >= 4 is 5.78 Å². The Labute approximate surface area is 110 Å². The number of hydrogen-bond acceptors (Lipinski definition) is 2. The lowest BCUT2D eigenvalue weighted by atomic mass is 10.0. The second kappa shape index (κ2) is 6.18. The molecule has 0 unspecified atom stereocenters. The number of aryl methyl sites for hydroxylation is 1. The van der Waals surface area contributed by atoms with Crippen molar-refractivity contribution in [1.29, 1.82) is 0 Å². The van der Waals surface area contributed by atoms with Crippen molar-refractivity contribution in [3.05, 3.63) is 65.5 Å². The highest BCUT2D eigenvalue weighted by molar-refractivity contribution is 5.81. The number of carbonyl (C=O) groups excluding carboxylic acids is 1. The van der Waals surface area contributed by atoms with Crippen LogP contribution in [0.25, 0.3) is 0 Å². The standard InChI is InChI=1S/C15H13F2NO/c16-14-5-1-4-12(15(14)17)9-13(19)7-6-11-3-2-8-18-10-11/h1-5,8,10H,6-7,9H2. The summed E-state index contributed by atoms with van der Waals surface area (Å²) < 4.78 is 26.4. The van der Waals surface area contributed by atoms with Crippen LogP contribution in [0.2, 0.25) is 0 Å². The van der Waals surface area contributed by atoms with Crippen molar-refractivity contribution in [3.8, 4) is 0 Å². The highest BCUT2D eigenvalue weighted by Gasteiger charge is 2.11. The van der Waals surface area contributed by atoms with Crippen LogP contribution >= 0.6 is 0 Å². The average Bonchev–Trinajstić information content (AvgIpc) is 2.43. The Bertz CT molecular complexity index is 570. The van der Waals surface area contributed by atoms with Crippen LogP contribution in [0, 0.1) is 11.6 Å². The van der Waals surface area contributed by atoms with E-state index in [1.807, 2.05) is 6.07 Å². The summed E-state index contributed by atoms with van der Waals surface area (Å²) >= 11 is 0. The molecule has 0 aliphatic heterocycles. The lowest BCUT2D eigenvalue weighted by Gasteiger charge is -2.04. The minimum Gasteiger partial charge on any atom is -0.299 e. The smallest absolute Gasteiger partial charge is 0.162 e. The second-order valence-corrected chi connectivity index (χ2v) is 4.29. The van der Waals surface area contributed by atoms with Crippen LogP contribution in [0.5, 0.6) is 0 Å². The summed E-state index contributed by atoms with van der Waals surface area (Å²) in [6, 6.07) is 7.55.